The molecule has 36 heavy (non-hydrogen) atoms. The summed E-state index contributed by atoms with van der Waals surface area (Å²) in [6.45, 7) is 13.1. The number of benzene rings is 2. The minimum absolute atomic E-state index is 0.0291. The predicted molar refractivity (Wildman–Crippen MR) is 140 cm³/mol. The van der Waals surface area contributed by atoms with Crippen molar-refractivity contribution in [2.75, 3.05) is 44.2 Å². The van der Waals surface area contributed by atoms with Crippen molar-refractivity contribution < 1.29 is 13.9 Å². The summed E-state index contributed by atoms with van der Waals surface area (Å²) in [5.74, 6) is 1.20. The van der Waals surface area contributed by atoms with Crippen molar-refractivity contribution in [3.05, 3.63) is 71.7 Å². The number of hydrogen-bond donors (Lipinski definition) is 0. The zero-order chi connectivity index (χ0) is 25.7. The Bertz CT molecular complexity index is 1160. The minimum Gasteiger partial charge on any atom is -0.484 e. The van der Waals surface area contributed by atoms with Crippen molar-refractivity contribution in [1.29, 1.82) is 0 Å². The van der Waals surface area contributed by atoms with E-state index in [1.807, 2.05) is 66.8 Å². The molecule has 0 saturated carbocycles. The van der Waals surface area contributed by atoms with E-state index in [4.69, 9.17) is 9.84 Å². The number of para-hydroxylation sites is 1. The van der Waals surface area contributed by atoms with Crippen LogP contribution in [0.15, 0.2) is 54.6 Å². The zero-order valence-electron chi connectivity index (χ0n) is 21.7. The molecular weight excluding hydrogens is 457 g/mol. The summed E-state index contributed by atoms with van der Waals surface area (Å²) in [6.07, 6.45) is 0. The van der Waals surface area contributed by atoms with Crippen LogP contribution in [0.25, 0.3) is 5.69 Å². The van der Waals surface area contributed by atoms with Crippen molar-refractivity contribution in [2.45, 2.75) is 40.3 Å². The first-order chi connectivity index (χ1) is 17.4. The minimum atomic E-state index is -0.305. The van der Waals surface area contributed by atoms with Crippen molar-refractivity contribution >= 4 is 11.7 Å². The highest BCUT2D eigenvalue weighted by molar-refractivity contribution is 5.78. The maximum absolute atomic E-state index is 14.1. The lowest BCUT2D eigenvalue weighted by atomic mass is 10.1. The molecule has 1 amide bonds. The Kier molecular flexibility index (Phi) is 8.25. The molecule has 1 aliphatic heterocycles. The summed E-state index contributed by atoms with van der Waals surface area (Å²) in [5.41, 5.74) is 2.48. The molecule has 1 aliphatic rings. The van der Waals surface area contributed by atoms with Crippen LogP contribution in [0.3, 0.4) is 0 Å². The third kappa shape index (κ3) is 5.87. The van der Waals surface area contributed by atoms with E-state index in [1.54, 1.807) is 6.07 Å². The molecule has 0 unspecified atom stereocenters. The number of halogens is 1. The number of aryl methyl sites for hydroxylation is 1. The highest BCUT2D eigenvalue weighted by atomic mass is 19.1. The number of aromatic nitrogens is 2. The Labute approximate surface area is 213 Å². The fourth-order valence-corrected chi connectivity index (χ4v) is 4.59. The van der Waals surface area contributed by atoms with Gasteiger partial charge in [-0.2, -0.15) is 5.10 Å². The Morgan fingerprint density at radius 1 is 1.08 bits per heavy atom. The van der Waals surface area contributed by atoms with Gasteiger partial charge in [0.25, 0.3) is 5.91 Å². The monoisotopic (exact) mass is 493 g/mol. The van der Waals surface area contributed by atoms with Crippen LogP contribution in [0, 0.1) is 12.7 Å². The van der Waals surface area contributed by atoms with E-state index in [0.717, 1.165) is 49.8 Å². The smallest absolute Gasteiger partial charge is 0.261 e. The number of amides is 1. The van der Waals surface area contributed by atoms with Gasteiger partial charge in [0.2, 0.25) is 0 Å². The van der Waals surface area contributed by atoms with Gasteiger partial charge in [-0.1, -0.05) is 31.2 Å². The highest BCUT2D eigenvalue weighted by Gasteiger charge is 2.28. The first-order valence-electron chi connectivity index (χ1n) is 12.7. The number of nitrogens with zero attached hydrogens (tertiary/aromatic N) is 5. The molecule has 7 nitrogen and oxygen atoms in total. The Morgan fingerprint density at radius 2 is 1.81 bits per heavy atom. The van der Waals surface area contributed by atoms with Crippen molar-refractivity contribution in [3.8, 4) is 11.4 Å². The van der Waals surface area contributed by atoms with Gasteiger partial charge in [-0.3, -0.25) is 4.79 Å². The number of ether oxygens (including phenoxy) is 1. The van der Waals surface area contributed by atoms with Gasteiger partial charge in [0.15, 0.2) is 6.61 Å². The van der Waals surface area contributed by atoms with Gasteiger partial charge in [-0.25, -0.2) is 9.07 Å². The largest absolute Gasteiger partial charge is 0.484 e. The topological polar surface area (TPSA) is 53.8 Å². The van der Waals surface area contributed by atoms with Crippen LogP contribution >= 0.6 is 0 Å². The summed E-state index contributed by atoms with van der Waals surface area (Å²) >= 11 is 0. The normalized spacial score (nSPS) is 14.3. The number of carbonyl (C=O) groups is 1. The maximum atomic E-state index is 14.1. The number of rotatable bonds is 9. The van der Waals surface area contributed by atoms with E-state index in [9.17, 15) is 9.18 Å². The van der Waals surface area contributed by atoms with E-state index in [-0.39, 0.29) is 24.4 Å². The lowest BCUT2D eigenvalue weighted by molar-refractivity contribution is -0.135. The standard InChI is InChI=1S/C28H36FN5O2/c1-5-31-14-16-32(17-15-31)28-26(22(4)30-34(28)24-11-9-10-23(29)18-24)19-33(21(2)3)27(35)20-36-25-12-7-6-8-13-25/h6-13,18,21H,5,14-17,19-20H2,1-4H3. The SMILES string of the molecule is CCN1CCN(c2c(CN(C(=O)COc3ccccc3)C(C)C)c(C)nn2-c2cccc(F)c2)CC1. The van der Waals surface area contributed by atoms with Crippen LogP contribution in [0.4, 0.5) is 10.2 Å². The molecular formula is C28H36FN5O2. The molecule has 3 aromatic rings. The van der Waals surface area contributed by atoms with Gasteiger partial charge in [0.05, 0.1) is 17.9 Å². The average molecular weight is 494 g/mol. The second kappa shape index (κ2) is 11.6. The van der Waals surface area contributed by atoms with E-state index in [0.29, 0.717) is 18.0 Å². The quantitative estimate of drug-likeness (QED) is 0.446. The van der Waals surface area contributed by atoms with Crippen LogP contribution in [-0.4, -0.2) is 70.9 Å². The van der Waals surface area contributed by atoms with E-state index in [2.05, 4.69) is 16.7 Å². The molecule has 0 radical (unpaired) electrons. The molecule has 8 heteroatoms. The molecule has 0 bridgehead atoms. The van der Waals surface area contributed by atoms with Crippen LogP contribution < -0.4 is 9.64 Å². The number of anilines is 1. The maximum Gasteiger partial charge on any atom is 0.261 e. The average Bonchev–Trinajstić information content (AvgIpc) is 3.22. The summed E-state index contributed by atoms with van der Waals surface area (Å²) in [7, 11) is 0. The molecule has 0 spiro atoms. The fourth-order valence-electron chi connectivity index (χ4n) is 4.59. The summed E-state index contributed by atoms with van der Waals surface area (Å²) in [4.78, 5) is 19.8. The second-order valence-electron chi connectivity index (χ2n) is 9.42. The Balaban J connectivity index is 1.65. The first kappa shape index (κ1) is 25.7. The summed E-state index contributed by atoms with van der Waals surface area (Å²) in [6, 6.07) is 15.8. The van der Waals surface area contributed by atoms with Crippen molar-refractivity contribution in [3.63, 3.8) is 0 Å². The fraction of sp³-hybridized carbons (Fsp3) is 0.429. The molecule has 0 aliphatic carbocycles. The third-order valence-electron chi connectivity index (χ3n) is 6.71. The third-order valence-corrected chi connectivity index (χ3v) is 6.71. The van der Waals surface area contributed by atoms with Crippen molar-refractivity contribution in [2.24, 2.45) is 0 Å². The lowest BCUT2D eigenvalue weighted by Gasteiger charge is -2.36. The molecule has 1 saturated heterocycles. The predicted octanol–water partition coefficient (Wildman–Crippen LogP) is 4.28. The highest BCUT2D eigenvalue weighted by Crippen LogP contribution is 2.30. The number of piperazine rings is 1. The van der Waals surface area contributed by atoms with E-state index >= 15 is 0 Å². The number of carbonyl (C=O) groups excluding carboxylic acids is 1. The van der Waals surface area contributed by atoms with Gasteiger partial charge >= 0.3 is 0 Å². The first-order valence-corrected chi connectivity index (χ1v) is 12.7. The second-order valence-corrected chi connectivity index (χ2v) is 9.42. The molecule has 4 rings (SSSR count). The van der Waals surface area contributed by atoms with E-state index in [1.165, 1.54) is 12.1 Å². The van der Waals surface area contributed by atoms with Gasteiger partial charge < -0.3 is 19.4 Å². The number of likely N-dealkylation sites (N-methyl/N-ethyl adjacent to an activating group) is 1. The van der Waals surface area contributed by atoms with E-state index < -0.39 is 0 Å². The van der Waals surface area contributed by atoms with Gasteiger partial charge in [0, 0.05) is 37.8 Å². The van der Waals surface area contributed by atoms with Gasteiger partial charge in [-0.05, 0) is 57.6 Å². The van der Waals surface area contributed by atoms with Crippen LogP contribution in [0.2, 0.25) is 0 Å². The number of hydrogen-bond acceptors (Lipinski definition) is 5. The van der Waals surface area contributed by atoms with Crippen molar-refractivity contribution in [1.82, 2.24) is 19.6 Å². The van der Waals surface area contributed by atoms with Gasteiger partial charge in [-0.15, -0.1) is 0 Å². The molecule has 1 aromatic heterocycles. The summed E-state index contributed by atoms with van der Waals surface area (Å²) < 4.78 is 21.7. The molecule has 1 fully saturated rings. The van der Waals surface area contributed by atoms with Crippen LogP contribution in [0.5, 0.6) is 5.75 Å². The molecule has 2 heterocycles. The summed E-state index contributed by atoms with van der Waals surface area (Å²) in [5, 5.41) is 4.83. The molecule has 192 valence electrons. The lowest BCUT2D eigenvalue weighted by Crippen LogP contribution is -2.47. The molecule has 2 aromatic carbocycles. The zero-order valence-corrected chi connectivity index (χ0v) is 21.7. The van der Waals surface area contributed by atoms with Crippen LogP contribution in [0.1, 0.15) is 32.0 Å². The Morgan fingerprint density at radius 3 is 2.44 bits per heavy atom. The molecule has 0 N–H and O–H groups in total. The molecule has 0 atom stereocenters. The van der Waals surface area contributed by atoms with Gasteiger partial charge in [0.1, 0.15) is 17.4 Å². The van der Waals surface area contributed by atoms with Crippen LogP contribution in [-0.2, 0) is 11.3 Å². The Hall–Kier alpha value is -3.39.